The fraction of sp³-hybridized carbons (Fsp3) is 0.647. The Morgan fingerprint density at radius 1 is 1.04 bits per heavy atom. The van der Waals surface area contributed by atoms with E-state index < -0.39 is 6.61 Å². The van der Waals surface area contributed by atoms with Crippen LogP contribution in [0.3, 0.4) is 0 Å². The number of ether oxygens (including phenoxy) is 2. The lowest BCUT2D eigenvalue weighted by Crippen LogP contribution is -2.47. The van der Waals surface area contributed by atoms with Crippen LogP contribution >= 0.6 is 24.8 Å². The van der Waals surface area contributed by atoms with Gasteiger partial charge < -0.3 is 14.8 Å². The average Bonchev–Trinajstić information content (AvgIpc) is 2.58. The Morgan fingerprint density at radius 3 is 2.20 bits per heavy atom. The lowest BCUT2D eigenvalue weighted by molar-refractivity contribution is -0.0498. The molecular weight excluding hydrogens is 373 g/mol. The molecule has 1 N–H and O–H groups in total. The summed E-state index contributed by atoms with van der Waals surface area (Å²) >= 11 is 0. The van der Waals surface area contributed by atoms with E-state index in [1.807, 2.05) is 12.1 Å². The molecule has 8 heteroatoms. The van der Waals surface area contributed by atoms with Crippen molar-refractivity contribution in [2.45, 2.75) is 25.5 Å². The molecule has 0 spiro atoms. The van der Waals surface area contributed by atoms with E-state index in [9.17, 15) is 8.78 Å². The third kappa shape index (κ3) is 6.22. The highest BCUT2D eigenvalue weighted by Crippen LogP contribution is 2.36. The third-order valence-electron chi connectivity index (χ3n) is 4.70. The minimum atomic E-state index is -2.78. The summed E-state index contributed by atoms with van der Waals surface area (Å²) in [6.07, 6.45) is 2.09. The summed E-state index contributed by atoms with van der Waals surface area (Å²) in [5.41, 5.74) is 1.18. The van der Waals surface area contributed by atoms with Gasteiger partial charge in [-0.2, -0.15) is 8.78 Å². The van der Waals surface area contributed by atoms with Crippen LogP contribution in [0.1, 0.15) is 24.4 Å². The van der Waals surface area contributed by atoms with Crippen molar-refractivity contribution >= 4 is 24.8 Å². The topological polar surface area (TPSA) is 33.7 Å². The standard InChI is InChI=1S/C17H24F2N2O2.2ClH/c18-17(19)23-15-3-1-13(2-4-15)16(14-5-11-22-12-6-14)21-9-7-20-8-10-21;;/h1-4,14,16-17,20H,5-12H2;2*1H/t16-;;/m0../s1. The molecule has 1 aromatic carbocycles. The van der Waals surface area contributed by atoms with Crippen molar-refractivity contribution in [1.29, 1.82) is 0 Å². The van der Waals surface area contributed by atoms with Crippen molar-refractivity contribution in [2.24, 2.45) is 5.92 Å². The van der Waals surface area contributed by atoms with E-state index in [0.717, 1.165) is 52.2 Å². The highest BCUT2D eigenvalue weighted by Gasteiger charge is 2.31. The summed E-state index contributed by atoms with van der Waals surface area (Å²) in [5, 5.41) is 3.38. The number of nitrogens with zero attached hydrogens (tertiary/aromatic N) is 1. The lowest BCUT2D eigenvalue weighted by Gasteiger charge is -2.41. The van der Waals surface area contributed by atoms with E-state index in [-0.39, 0.29) is 30.6 Å². The van der Waals surface area contributed by atoms with Gasteiger partial charge in [0.05, 0.1) is 0 Å². The Kier molecular flexibility index (Phi) is 9.97. The normalized spacial score (nSPS) is 20.4. The Labute approximate surface area is 160 Å². The van der Waals surface area contributed by atoms with Crippen molar-refractivity contribution in [3.8, 4) is 5.75 Å². The Hall–Kier alpha value is -0.660. The number of rotatable bonds is 5. The highest BCUT2D eigenvalue weighted by molar-refractivity contribution is 5.85. The molecule has 25 heavy (non-hydrogen) atoms. The first-order valence-corrected chi connectivity index (χ1v) is 8.31. The van der Waals surface area contributed by atoms with Crippen molar-refractivity contribution < 1.29 is 18.3 Å². The quantitative estimate of drug-likeness (QED) is 0.822. The second-order valence-electron chi connectivity index (χ2n) is 6.13. The molecule has 0 radical (unpaired) electrons. The SMILES string of the molecule is Cl.Cl.FC(F)Oc1ccc([C@@H](C2CCOCC2)N2CCNCC2)cc1. The van der Waals surface area contributed by atoms with Crippen LogP contribution in [0, 0.1) is 5.92 Å². The largest absolute Gasteiger partial charge is 0.435 e. The molecule has 2 fully saturated rings. The maximum atomic E-state index is 12.3. The molecule has 0 aliphatic carbocycles. The Morgan fingerprint density at radius 2 is 1.64 bits per heavy atom. The zero-order chi connectivity index (χ0) is 16.1. The molecule has 2 saturated heterocycles. The summed E-state index contributed by atoms with van der Waals surface area (Å²) in [5.74, 6) is 0.763. The van der Waals surface area contributed by atoms with Crippen molar-refractivity contribution in [3.05, 3.63) is 29.8 Å². The van der Waals surface area contributed by atoms with Crippen LogP contribution in [0.25, 0.3) is 0 Å². The predicted molar refractivity (Wildman–Crippen MR) is 98.3 cm³/mol. The first kappa shape index (κ1) is 22.4. The fourth-order valence-corrected chi connectivity index (χ4v) is 3.62. The summed E-state index contributed by atoms with van der Waals surface area (Å²) in [4.78, 5) is 2.51. The van der Waals surface area contributed by atoms with Gasteiger partial charge in [0.25, 0.3) is 0 Å². The molecule has 0 aromatic heterocycles. The molecule has 4 nitrogen and oxygen atoms in total. The van der Waals surface area contributed by atoms with Crippen LogP contribution in [0.5, 0.6) is 5.75 Å². The van der Waals surface area contributed by atoms with E-state index >= 15 is 0 Å². The molecule has 0 unspecified atom stereocenters. The minimum Gasteiger partial charge on any atom is -0.435 e. The van der Waals surface area contributed by atoms with Gasteiger partial charge in [-0.25, -0.2) is 0 Å². The molecule has 2 aliphatic rings. The van der Waals surface area contributed by atoms with Gasteiger partial charge in [-0.15, -0.1) is 24.8 Å². The number of piperazine rings is 1. The van der Waals surface area contributed by atoms with Crippen LogP contribution < -0.4 is 10.1 Å². The molecule has 1 aromatic rings. The zero-order valence-corrected chi connectivity index (χ0v) is 15.7. The first-order chi connectivity index (χ1) is 11.2. The predicted octanol–water partition coefficient (Wildman–Crippen LogP) is 3.50. The molecule has 0 amide bonds. The number of hydrogen-bond donors (Lipinski definition) is 1. The van der Waals surface area contributed by atoms with Gasteiger partial charge in [0.1, 0.15) is 5.75 Å². The second-order valence-corrected chi connectivity index (χ2v) is 6.13. The minimum absolute atomic E-state index is 0. The Balaban J connectivity index is 0.00000156. The average molecular weight is 399 g/mol. The van der Waals surface area contributed by atoms with Gasteiger partial charge >= 0.3 is 6.61 Å². The van der Waals surface area contributed by atoms with Crippen molar-refractivity contribution in [2.75, 3.05) is 39.4 Å². The van der Waals surface area contributed by atoms with Gasteiger partial charge in [0.15, 0.2) is 0 Å². The molecule has 3 rings (SSSR count). The summed E-state index contributed by atoms with van der Waals surface area (Å²) in [7, 11) is 0. The molecule has 2 aliphatic heterocycles. The third-order valence-corrected chi connectivity index (χ3v) is 4.70. The first-order valence-electron chi connectivity index (χ1n) is 8.31. The highest BCUT2D eigenvalue weighted by atomic mass is 35.5. The van der Waals surface area contributed by atoms with E-state index in [1.54, 1.807) is 12.1 Å². The van der Waals surface area contributed by atoms with Crippen LogP contribution in [-0.4, -0.2) is 50.9 Å². The van der Waals surface area contributed by atoms with Crippen LogP contribution in [0.2, 0.25) is 0 Å². The van der Waals surface area contributed by atoms with Crippen molar-refractivity contribution in [1.82, 2.24) is 10.2 Å². The van der Waals surface area contributed by atoms with Crippen LogP contribution in [0.15, 0.2) is 24.3 Å². The lowest BCUT2D eigenvalue weighted by atomic mass is 9.85. The van der Waals surface area contributed by atoms with Crippen LogP contribution in [0.4, 0.5) is 8.78 Å². The van der Waals surface area contributed by atoms with Gasteiger partial charge in [-0.1, -0.05) is 12.1 Å². The molecule has 0 saturated carbocycles. The Bertz CT molecular complexity index is 464. The zero-order valence-electron chi connectivity index (χ0n) is 14.0. The van der Waals surface area contributed by atoms with Gasteiger partial charge in [0, 0.05) is 45.4 Å². The second kappa shape index (κ2) is 11.1. The molecule has 2 heterocycles. The van der Waals surface area contributed by atoms with E-state index in [4.69, 9.17) is 4.74 Å². The molecule has 1 atom stereocenters. The number of halogens is 4. The van der Waals surface area contributed by atoms with Crippen LogP contribution in [-0.2, 0) is 4.74 Å². The smallest absolute Gasteiger partial charge is 0.387 e. The van der Waals surface area contributed by atoms with Crippen molar-refractivity contribution in [3.63, 3.8) is 0 Å². The fourth-order valence-electron chi connectivity index (χ4n) is 3.62. The number of alkyl halides is 2. The molecule has 0 bridgehead atoms. The van der Waals surface area contributed by atoms with E-state index in [0.29, 0.717) is 12.0 Å². The molecular formula is C17H26Cl2F2N2O2. The maximum absolute atomic E-state index is 12.3. The summed E-state index contributed by atoms with van der Waals surface area (Å²) in [6, 6.07) is 7.48. The van der Waals surface area contributed by atoms with Gasteiger partial charge in [-0.05, 0) is 36.5 Å². The number of hydrogen-bond acceptors (Lipinski definition) is 4. The number of benzene rings is 1. The summed E-state index contributed by atoms with van der Waals surface area (Å²) < 4.78 is 34.6. The van der Waals surface area contributed by atoms with Gasteiger partial charge in [0.2, 0.25) is 0 Å². The van der Waals surface area contributed by atoms with E-state index in [1.165, 1.54) is 5.56 Å². The number of nitrogens with one attached hydrogen (secondary N) is 1. The molecule has 144 valence electrons. The maximum Gasteiger partial charge on any atom is 0.387 e. The summed E-state index contributed by atoms with van der Waals surface area (Å²) in [6.45, 7) is 2.84. The van der Waals surface area contributed by atoms with Gasteiger partial charge in [-0.3, -0.25) is 4.90 Å². The van der Waals surface area contributed by atoms with E-state index in [2.05, 4.69) is 15.0 Å². The monoisotopic (exact) mass is 398 g/mol.